The molecule has 1 unspecified atom stereocenters. The van der Waals surface area contributed by atoms with Crippen molar-refractivity contribution in [1.29, 1.82) is 0 Å². The molecule has 1 fully saturated rings. The van der Waals surface area contributed by atoms with Gasteiger partial charge < -0.3 is 41.5 Å². The smallest absolute Gasteiger partial charge is 0.255 e. The van der Waals surface area contributed by atoms with Gasteiger partial charge in [0.2, 0.25) is 5.78 Å². The summed E-state index contributed by atoms with van der Waals surface area (Å²) in [6.45, 7) is 2.59. The highest BCUT2D eigenvalue weighted by Gasteiger charge is 2.67. The molecule has 4 rings (SSSR count). The van der Waals surface area contributed by atoms with E-state index in [1.54, 1.807) is 6.07 Å². The molecular weight excluding hydrogens is 496 g/mol. The lowest BCUT2D eigenvalue weighted by Gasteiger charge is -2.52. The summed E-state index contributed by atoms with van der Waals surface area (Å²) in [6, 6.07) is 1.46. The van der Waals surface area contributed by atoms with Crippen LogP contribution in [0.3, 0.4) is 0 Å². The summed E-state index contributed by atoms with van der Waals surface area (Å²) in [4.78, 5) is 42.4. The number of Topliss-reactive ketones (excluding diaryl/α,β-unsaturated/α-hetero) is 2. The van der Waals surface area contributed by atoms with Crippen molar-refractivity contribution in [1.82, 2.24) is 9.80 Å². The largest absolute Gasteiger partial charge is 0.508 e. The molecule has 0 aliphatic heterocycles. The lowest BCUT2D eigenvalue weighted by molar-refractivity contribution is -0.167. The number of nitrogens with two attached hydrogens (primary N) is 1. The van der Waals surface area contributed by atoms with Crippen LogP contribution in [0.4, 0.5) is 5.69 Å². The molecule has 38 heavy (non-hydrogen) atoms. The number of phenolic OH excluding ortho intramolecular Hbond substituents is 1. The zero-order valence-electron chi connectivity index (χ0n) is 21.8. The molecule has 1 aromatic rings. The number of aliphatic hydroxyl groups is 4. The third kappa shape index (κ3) is 3.87. The fourth-order valence-electron chi connectivity index (χ4n) is 6.02. The molecule has 0 aromatic heterocycles. The number of amides is 1. The Labute approximate surface area is 219 Å². The van der Waals surface area contributed by atoms with Gasteiger partial charge in [-0.25, -0.2) is 0 Å². The SMILES string of the molecule is CC(CN(C)C)Nc1ccc(O)c2c1[CH][C@H]1C(=C2O)C(=O)[C@@]2(O)C(O)=C(C(N)=O)C(=O)[C@H](N(C)C)[C@H]2[C@@H]1O. The predicted molar refractivity (Wildman–Crippen MR) is 137 cm³/mol. The van der Waals surface area contributed by atoms with Crippen molar-refractivity contribution in [2.24, 2.45) is 17.6 Å². The van der Waals surface area contributed by atoms with E-state index in [1.807, 2.05) is 25.9 Å². The van der Waals surface area contributed by atoms with Crippen LogP contribution in [0.15, 0.2) is 29.0 Å². The number of benzene rings is 1. The molecule has 0 heterocycles. The van der Waals surface area contributed by atoms with Gasteiger partial charge in [0.05, 0.1) is 23.6 Å². The number of carbonyl (C=O) groups excluding carboxylic acids is 3. The summed E-state index contributed by atoms with van der Waals surface area (Å²) < 4.78 is 0. The van der Waals surface area contributed by atoms with E-state index in [4.69, 9.17) is 5.73 Å². The molecule has 8 N–H and O–H groups in total. The molecule has 205 valence electrons. The highest BCUT2D eigenvalue weighted by molar-refractivity contribution is 6.24. The predicted octanol–water partition coefficient (Wildman–Crippen LogP) is -0.693. The lowest BCUT2D eigenvalue weighted by Crippen LogP contribution is -2.70. The number of fused-ring (bicyclic) bond motifs is 3. The van der Waals surface area contributed by atoms with Crippen LogP contribution in [0.1, 0.15) is 18.1 Å². The number of likely N-dealkylation sites (N-methyl/N-ethyl adjacent to an activating group) is 2. The van der Waals surface area contributed by atoms with Gasteiger partial charge >= 0.3 is 0 Å². The number of aliphatic hydroxyl groups excluding tert-OH is 3. The third-order valence-electron chi connectivity index (χ3n) is 7.50. The second-order valence-electron chi connectivity index (χ2n) is 10.7. The van der Waals surface area contributed by atoms with E-state index >= 15 is 0 Å². The van der Waals surface area contributed by atoms with Crippen LogP contribution in [0, 0.1) is 18.3 Å². The number of rotatable bonds is 6. The standard InChI is InChI=1S/C26H33N4O8/c1-10(9-29(2)3)28-13-6-7-14(31)15-11(13)8-12-16(21(15)33)23(35)26(38)18(20(12)32)19(30(4)5)22(34)17(24(26)36)25(27)37/h6-8,10,12,18-20,28,31-33,36,38H,9H2,1-5H3,(H2,27,37)/t10?,12-,18-,19+,20+,26+/m0/s1. The van der Waals surface area contributed by atoms with Crippen LogP contribution in [0.25, 0.3) is 5.76 Å². The molecule has 6 atom stereocenters. The molecule has 0 spiro atoms. The van der Waals surface area contributed by atoms with Crippen LogP contribution in [0.2, 0.25) is 0 Å². The van der Waals surface area contributed by atoms with Crippen molar-refractivity contribution < 1.29 is 39.9 Å². The van der Waals surface area contributed by atoms with Crippen molar-refractivity contribution >= 4 is 28.9 Å². The lowest BCUT2D eigenvalue weighted by atomic mass is 9.56. The van der Waals surface area contributed by atoms with Crippen LogP contribution in [-0.4, -0.2) is 111 Å². The fourth-order valence-corrected chi connectivity index (χ4v) is 6.02. The average molecular weight is 530 g/mol. The number of phenols is 1. The highest BCUT2D eigenvalue weighted by atomic mass is 16.4. The first-order chi connectivity index (χ1) is 17.6. The summed E-state index contributed by atoms with van der Waals surface area (Å²) in [5, 5.41) is 59.3. The van der Waals surface area contributed by atoms with Crippen molar-refractivity contribution in [2.45, 2.75) is 30.7 Å². The molecule has 12 nitrogen and oxygen atoms in total. The van der Waals surface area contributed by atoms with E-state index < -0.39 is 69.7 Å². The Kier molecular flexibility index (Phi) is 6.81. The average Bonchev–Trinajstić information content (AvgIpc) is 2.80. The van der Waals surface area contributed by atoms with E-state index in [9.17, 15) is 39.9 Å². The minimum atomic E-state index is -2.94. The minimum absolute atomic E-state index is 0.0639. The van der Waals surface area contributed by atoms with Crippen LogP contribution in [-0.2, 0) is 14.4 Å². The molecule has 1 radical (unpaired) electrons. The number of carbonyl (C=O) groups is 3. The maximum Gasteiger partial charge on any atom is 0.255 e. The Morgan fingerprint density at radius 3 is 2.34 bits per heavy atom. The van der Waals surface area contributed by atoms with Gasteiger partial charge in [-0.1, -0.05) is 0 Å². The summed E-state index contributed by atoms with van der Waals surface area (Å²) in [6.07, 6.45) is -0.191. The summed E-state index contributed by atoms with van der Waals surface area (Å²) >= 11 is 0. The first-order valence-corrected chi connectivity index (χ1v) is 12.1. The molecule has 1 aromatic carbocycles. The molecule has 12 heteroatoms. The van der Waals surface area contributed by atoms with E-state index in [0.29, 0.717) is 17.8 Å². The maximum absolute atomic E-state index is 13.9. The van der Waals surface area contributed by atoms with Crippen LogP contribution < -0.4 is 11.1 Å². The number of nitrogens with one attached hydrogen (secondary N) is 1. The number of ketones is 2. The molecule has 3 aliphatic rings. The monoisotopic (exact) mass is 529 g/mol. The topological polar surface area (TPSA) is 197 Å². The summed E-state index contributed by atoms with van der Waals surface area (Å²) in [5.41, 5.74) is 1.67. The van der Waals surface area contributed by atoms with Gasteiger partial charge in [0.1, 0.15) is 22.8 Å². The first-order valence-electron chi connectivity index (χ1n) is 12.1. The zero-order valence-corrected chi connectivity index (χ0v) is 21.8. The Balaban J connectivity index is 1.94. The third-order valence-corrected chi connectivity index (χ3v) is 7.50. The summed E-state index contributed by atoms with van der Waals surface area (Å²) in [7, 11) is 6.72. The Hall–Kier alpha value is -3.45. The zero-order chi connectivity index (χ0) is 28.4. The number of anilines is 1. The molecule has 0 saturated heterocycles. The van der Waals surface area contributed by atoms with Crippen molar-refractivity contribution in [2.75, 3.05) is 40.1 Å². The Bertz CT molecular complexity index is 1290. The van der Waals surface area contributed by atoms with Gasteiger partial charge in [0.25, 0.3) is 5.91 Å². The second kappa shape index (κ2) is 9.38. The molecular formula is C26H33N4O8. The van der Waals surface area contributed by atoms with Gasteiger partial charge in [-0.05, 0) is 52.8 Å². The molecule has 1 amide bonds. The number of hydrogen-bond donors (Lipinski definition) is 7. The fraction of sp³-hybridized carbons (Fsp3) is 0.462. The van der Waals surface area contributed by atoms with E-state index in [1.165, 1.54) is 31.5 Å². The van der Waals surface area contributed by atoms with E-state index in [0.717, 1.165) is 0 Å². The maximum atomic E-state index is 13.9. The molecule has 3 aliphatic carbocycles. The molecule has 1 saturated carbocycles. The number of hydrogen-bond acceptors (Lipinski definition) is 11. The second-order valence-corrected chi connectivity index (χ2v) is 10.7. The van der Waals surface area contributed by atoms with E-state index in [2.05, 4.69) is 5.32 Å². The Morgan fingerprint density at radius 2 is 1.79 bits per heavy atom. The van der Waals surface area contributed by atoms with Crippen molar-refractivity contribution in [3.8, 4) is 5.75 Å². The van der Waals surface area contributed by atoms with Crippen molar-refractivity contribution in [3.05, 3.63) is 46.6 Å². The van der Waals surface area contributed by atoms with Gasteiger partial charge in [-0.15, -0.1) is 0 Å². The van der Waals surface area contributed by atoms with Gasteiger partial charge in [-0.2, -0.15) is 0 Å². The first kappa shape index (κ1) is 27.6. The number of nitrogens with zero attached hydrogens (tertiary/aromatic N) is 2. The van der Waals surface area contributed by atoms with Gasteiger partial charge in [-0.3, -0.25) is 19.3 Å². The quantitative estimate of drug-likeness (QED) is 0.182. The minimum Gasteiger partial charge on any atom is -0.508 e. The Morgan fingerprint density at radius 1 is 1.16 bits per heavy atom. The normalized spacial score (nSPS) is 29.8. The van der Waals surface area contributed by atoms with Crippen molar-refractivity contribution in [3.63, 3.8) is 0 Å². The van der Waals surface area contributed by atoms with Gasteiger partial charge in [0, 0.05) is 36.2 Å². The van der Waals surface area contributed by atoms with Crippen LogP contribution >= 0.6 is 0 Å². The highest BCUT2D eigenvalue weighted by Crippen LogP contribution is 2.54. The van der Waals surface area contributed by atoms with Crippen LogP contribution in [0.5, 0.6) is 5.75 Å². The van der Waals surface area contributed by atoms with E-state index in [-0.39, 0.29) is 17.4 Å². The summed E-state index contributed by atoms with van der Waals surface area (Å²) in [5.74, 6) is -8.68. The van der Waals surface area contributed by atoms with Gasteiger partial charge in [0.15, 0.2) is 11.4 Å². The number of aromatic hydroxyl groups is 1. The number of primary amides is 1. The molecule has 0 bridgehead atoms.